The van der Waals surface area contributed by atoms with Crippen LogP contribution in [-0.4, -0.2) is 22.7 Å². The SMILES string of the molecule is Oc1c(Cl)cc(C2=NCN(Cc3cccc(C(F)(F)F)c3)O2)cc1Cl. The van der Waals surface area contributed by atoms with Gasteiger partial charge in [-0.2, -0.15) is 13.2 Å². The van der Waals surface area contributed by atoms with Crippen LogP contribution < -0.4 is 0 Å². The minimum atomic E-state index is -4.40. The molecular weight excluding hydrogens is 380 g/mol. The highest BCUT2D eigenvalue weighted by atomic mass is 35.5. The van der Waals surface area contributed by atoms with Crippen LogP contribution in [0, 0.1) is 0 Å². The standard InChI is InChI=1S/C16H11Cl2F3N2O2/c17-12-5-10(6-13(18)14(12)24)15-22-8-23(25-15)7-9-2-1-3-11(4-9)16(19,20)21/h1-6,24H,7-8H2. The van der Waals surface area contributed by atoms with Gasteiger partial charge in [-0.25, -0.2) is 4.99 Å². The average molecular weight is 391 g/mol. The summed E-state index contributed by atoms with van der Waals surface area (Å²) in [6, 6.07) is 7.87. The van der Waals surface area contributed by atoms with Crippen molar-refractivity contribution in [1.82, 2.24) is 5.06 Å². The predicted molar refractivity (Wildman–Crippen MR) is 87.6 cm³/mol. The van der Waals surface area contributed by atoms with Crippen molar-refractivity contribution in [2.45, 2.75) is 12.7 Å². The number of phenols is 1. The lowest BCUT2D eigenvalue weighted by atomic mass is 10.1. The summed E-state index contributed by atoms with van der Waals surface area (Å²) in [5.74, 6) is -0.0257. The van der Waals surface area contributed by atoms with E-state index in [0.29, 0.717) is 11.1 Å². The lowest BCUT2D eigenvalue weighted by Crippen LogP contribution is -2.21. The van der Waals surface area contributed by atoms with E-state index in [1.54, 1.807) is 6.07 Å². The summed E-state index contributed by atoms with van der Waals surface area (Å²) in [7, 11) is 0. The van der Waals surface area contributed by atoms with Crippen LogP contribution in [0.4, 0.5) is 13.2 Å². The molecule has 25 heavy (non-hydrogen) atoms. The molecule has 2 aromatic rings. The van der Waals surface area contributed by atoms with Crippen molar-refractivity contribution < 1.29 is 23.1 Å². The smallest absolute Gasteiger partial charge is 0.416 e. The summed E-state index contributed by atoms with van der Waals surface area (Å²) >= 11 is 11.7. The van der Waals surface area contributed by atoms with E-state index in [1.807, 2.05) is 0 Å². The molecule has 0 saturated carbocycles. The van der Waals surface area contributed by atoms with Crippen LogP contribution in [0.2, 0.25) is 10.0 Å². The van der Waals surface area contributed by atoms with Gasteiger partial charge in [-0.1, -0.05) is 41.4 Å². The molecule has 0 unspecified atom stereocenters. The number of rotatable bonds is 3. The summed E-state index contributed by atoms with van der Waals surface area (Å²) in [6.45, 7) is 0.262. The Morgan fingerprint density at radius 3 is 2.48 bits per heavy atom. The third-order valence-corrected chi connectivity index (χ3v) is 4.04. The van der Waals surface area contributed by atoms with Crippen molar-refractivity contribution >= 4 is 29.1 Å². The van der Waals surface area contributed by atoms with E-state index in [9.17, 15) is 18.3 Å². The molecule has 1 N–H and O–H groups in total. The third kappa shape index (κ3) is 4.00. The van der Waals surface area contributed by atoms with E-state index >= 15 is 0 Å². The first-order valence-corrected chi connectivity index (χ1v) is 7.81. The zero-order valence-electron chi connectivity index (χ0n) is 12.5. The van der Waals surface area contributed by atoms with Crippen LogP contribution in [0.15, 0.2) is 41.4 Å². The fourth-order valence-electron chi connectivity index (χ4n) is 2.29. The maximum Gasteiger partial charge on any atom is 0.416 e. The van der Waals surface area contributed by atoms with Gasteiger partial charge >= 0.3 is 6.18 Å². The lowest BCUT2D eigenvalue weighted by Gasteiger charge is -2.16. The van der Waals surface area contributed by atoms with Gasteiger partial charge in [0, 0.05) is 5.56 Å². The van der Waals surface area contributed by atoms with Crippen LogP contribution >= 0.6 is 23.2 Å². The molecule has 0 saturated heterocycles. The maximum absolute atomic E-state index is 12.8. The molecule has 3 rings (SSSR count). The Labute approximate surface area is 151 Å². The summed E-state index contributed by atoms with van der Waals surface area (Å²) in [4.78, 5) is 9.70. The summed E-state index contributed by atoms with van der Waals surface area (Å²) in [5.41, 5.74) is 0.176. The lowest BCUT2D eigenvalue weighted by molar-refractivity contribution is -0.137. The Morgan fingerprint density at radius 1 is 1.16 bits per heavy atom. The summed E-state index contributed by atoms with van der Waals surface area (Å²) < 4.78 is 38.3. The van der Waals surface area contributed by atoms with E-state index in [1.165, 1.54) is 23.3 Å². The molecule has 0 amide bonds. The number of hydrogen-bond donors (Lipinski definition) is 1. The topological polar surface area (TPSA) is 45.1 Å². The Kier molecular flexibility index (Phi) is 4.81. The zero-order valence-corrected chi connectivity index (χ0v) is 14.0. The molecule has 1 heterocycles. The second-order valence-electron chi connectivity index (χ2n) is 5.32. The fourth-order valence-corrected chi connectivity index (χ4v) is 2.78. The van der Waals surface area contributed by atoms with Gasteiger partial charge in [-0.3, -0.25) is 0 Å². The van der Waals surface area contributed by atoms with Gasteiger partial charge in [0.05, 0.1) is 22.2 Å². The highest BCUT2D eigenvalue weighted by Crippen LogP contribution is 2.34. The van der Waals surface area contributed by atoms with E-state index in [0.717, 1.165) is 12.1 Å². The molecule has 9 heteroatoms. The Hall–Kier alpha value is -1.96. The Morgan fingerprint density at radius 2 is 1.84 bits per heavy atom. The van der Waals surface area contributed by atoms with Gasteiger partial charge in [0.15, 0.2) is 5.75 Å². The Bertz CT molecular complexity index is 817. The Balaban J connectivity index is 1.71. The number of aliphatic imine (C=N–C) groups is 1. The average Bonchev–Trinajstić information content (AvgIpc) is 3.00. The third-order valence-electron chi connectivity index (χ3n) is 3.46. The molecule has 1 aliphatic heterocycles. The van der Waals surface area contributed by atoms with E-state index < -0.39 is 11.7 Å². The molecule has 132 valence electrons. The number of hydrogen-bond acceptors (Lipinski definition) is 4. The first-order valence-electron chi connectivity index (χ1n) is 7.06. The normalized spacial score (nSPS) is 15.2. The molecule has 0 spiro atoms. The van der Waals surface area contributed by atoms with Gasteiger partial charge in [0.25, 0.3) is 0 Å². The van der Waals surface area contributed by atoms with Crippen LogP contribution in [0.1, 0.15) is 16.7 Å². The molecule has 0 bridgehead atoms. The molecule has 4 nitrogen and oxygen atoms in total. The number of benzene rings is 2. The van der Waals surface area contributed by atoms with Crippen molar-refractivity contribution in [1.29, 1.82) is 0 Å². The van der Waals surface area contributed by atoms with Gasteiger partial charge in [0.1, 0.15) is 6.67 Å². The maximum atomic E-state index is 12.8. The van der Waals surface area contributed by atoms with E-state index in [4.69, 9.17) is 28.0 Å². The molecular formula is C16H11Cl2F3N2O2. The van der Waals surface area contributed by atoms with Gasteiger partial charge in [0.2, 0.25) is 5.90 Å². The minimum absolute atomic E-state index is 0.0464. The molecule has 0 radical (unpaired) electrons. The number of halogens is 5. The first kappa shape index (κ1) is 17.8. The highest BCUT2D eigenvalue weighted by Gasteiger charge is 2.30. The van der Waals surface area contributed by atoms with Gasteiger partial charge in [-0.15, -0.1) is 5.06 Å². The zero-order chi connectivity index (χ0) is 18.2. The molecule has 0 aromatic heterocycles. The minimum Gasteiger partial charge on any atom is -0.505 e. The van der Waals surface area contributed by atoms with Crippen molar-refractivity contribution in [3.05, 3.63) is 63.1 Å². The van der Waals surface area contributed by atoms with E-state index in [2.05, 4.69) is 4.99 Å². The van der Waals surface area contributed by atoms with Gasteiger partial charge in [-0.05, 0) is 23.8 Å². The number of aromatic hydroxyl groups is 1. The second-order valence-corrected chi connectivity index (χ2v) is 6.14. The summed E-state index contributed by atoms with van der Waals surface area (Å²) in [6.07, 6.45) is -4.40. The van der Waals surface area contributed by atoms with Crippen LogP contribution in [-0.2, 0) is 17.6 Å². The second kappa shape index (κ2) is 6.74. The van der Waals surface area contributed by atoms with Crippen molar-refractivity contribution in [3.63, 3.8) is 0 Å². The first-order chi connectivity index (χ1) is 11.7. The van der Waals surface area contributed by atoms with Crippen LogP contribution in [0.5, 0.6) is 5.75 Å². The monoisotopic (exact) mass is 390 g/mol. The van der Waals surface area contributed by atoms with Gasteiger partial charge < -0.3 is 9.94 Å². The number of phenolic OH excluding ortho intramolecular Hbond substituents is 1. The molecule has 0 fully saturated rings. The molecule has 2 aromatic carbocycles. The predicted octanol–water partition coefficient (Wildman–Crippen LogP) is 4.87. The molecule has 0 atom stereocenters. The number of alkyl halides is 3. The number of hydroxylamine groups is 2. The fraction of sp³-hybridized carbons (Fsp3) is 0.188. The summed E-state index contributed by atoms with van der Waals surface area (Å²) in [5, 5.41) is 11.1. The quantitative estimate of drug-likeness (QED) is 0.812. The molecule has 0 aliphatic carbocycles. The van der Waals surface area contributed by atoms with Crippen molar-refractivity contribution in [2.24, 2.45) is 4.99 Å². The van der Waals surface area contributed by atoms with Crippen LogP contribution in [0.25, 0.3) is 0 Å². The van der Waals surface area contributed by atoms with Crippen molar-refractivity contribution in [3.8, 4) is 5.75 Å². The van der Waals surface area contributed by atoms with Crippen LogP contribution in [0.3, 0.4) is 0 Å². The van der Waals surface area contributed by atoms with Crippen molar-refractivity contribution in [2.75, 3.05) is 6.67 Å². The largest absolute Gasteiger partial charge is 0.505 e. The van der Waals surface area contributed by atoms with E-state index in [-0.39, 0.29) is 34.9 Å². The molecule has 1 aliphatic rings. The highest BCUT2D eigenvalue weighted by molar-refractivity contribution is 6.37. The number of nitrogens with zero attached hydrogens (tertiary/aromatic N) is 2.